The number of hydrogen-bond donors (Lipinski definition) is 1. The van der Waals surface area contributed by atoms with Crippen molar-refractivity contribution < 1.29 is 9.18 Å². The van der Waals surface area contributed by atoms with Gasteiger partial charge in [-0.05, 0) is 38.3 Å². The van der Waals surface area contributed by atoms with Gasteiger partial charge in [-0.1, -0.05) is 30.3 Å². The molecule has 1 aromatic rings. The van der Waals surface area contributed by atoms with Crippen molar-refractivity contribution in [2.45, 2.75) is 38.6 Å². The Bertz CT molecular complexity index is 511. The van der Waals surface area contributed by atoms with Gasteiger partial charge in [0.2, 0.25) is 0 Å². The average molecular weight is 290 g/mol. The zero-order chi connectivity index (χ0) is 15.3. The fraction of sp³-hybridized carbons (Fsp3) is 0.471. The molecule has 1 aromatic carbocycles. The molecule has 1 aliphatic heterocycles. The molecule has 0 saturated carbocycles. The van der Waals surface area contributed by atoms with E-state index >= 15 is 0 Å². The molecule has 0 saturated heterocycles. The van der Waals surface area contributed by atoms with Crippen molar-refractivity contribution in [3.8, 4) is 0 Å². The van der Waals surface area contributed by atoms with E-state index in [-0.39, 0.29) is 18.3 Å². The minimum absolute atomic E-state index is 0.114. The number of carbonyl (C=O) groups excluding carboxylic acids is 1. The Labute approximate surface area is 125 Å². The maximum atomic E-state index is 13.3. The summed E-state index contributed by atoms with van der Waals surface area (Å²) in [5, 5.41) is 2.93. The highest BCUT2D eigenvalue weighted by Crippen LogP contribution is 2.28. The first kappa shape index (κ1) is 15.5. The Morgan fingerprint density at radius 1 is 1.33 bits per heavy atom. The molecule has 0 bridgehead atoms. The van der Waals surface area contributed by atoms with Gasteiger partial charge in [0.15, 0.2) is 0 Å². The molecule has 0 spiro atoms. The van der Waals surface area contributed by atoms with Crippen molar-refractivity contribution in [2.24, 2.45) is 0 Å². The zero-order valence-electron chi connectivity index (χ0n) is 12.7. The number of aryl methyl sites for hydroxylation is 1. The van der Waals surface area contributed by atoms with Crippen LogP contribution in [0.1, 0.15) is 32.3 Å². The fourth-order valence-electron chi connectivity index (χ4n) is 2.60. The van der Waals surface area contributed by atoms with E-state index < -0.39 is 5.54 Å². The number of amides is 2. The van der Waals surface area contributed by atoms with Crippen LogP contribution in [0.15, 0.2) is 42.2 Å². The first-order chi connectivity index (χ1) is 9.99. The molecule has 1 heterocycles. The number of urea groups is 1. The first-order valence-corrected chi connectivity index (χ1v) is 7.43. The second-order valence-corrected chi connectivity index (χ2v) is 6.07. The topological polar surface area (TPSA) is 32.3 Å². The Kier molecular flexibility index (Phi) is 4.99. The van der Waals surface area contributed by atoms with E-state index in [4.69, 9.17) is 0 Å². The summed E-state index contributed by atoms with van der Waals surface area (Å²) in [7, 11) is 0. The molecule has 0 fully saturated rings. The minimum atomic E-state index is -0.470. The van der Waals surface area contributed by atoms with Gasteiger partial charge in [-0.15, -0.1) is 0 Å². The van der Waals surface area contributed by atoms with Crippen molar-refractivity contribution >= 4 is 6.03 Å². The number of rotatable bonds is 4. The first-order valence-electron chi connectivity index (χ1n) is 7.43. The number of nitrogens with one attached hydrogen (secondary N) is 1. The molecule has 0 radical (unpaired) electrons. The van der Waals surface area contributed by atoms with E-state index in [1.807, 2.05) is 32.0 Å². The molecular weight excluding hydrogens is 267 g/mol. The SMILES string of the molecule is CC1(C)CC(F)=CCN1C(=O)NCCCc1ccccc1. The highest BCUT2D eigenvalue weighted by atomic mass is 19.1. The monoisotopic (exact) mass is 290 g/mol. The molecule has 114 valence electrons. The summed E-state index contributed by atoms with van der Waals surface area (Å²) in [6.07, 6.45) is 3.60. The van der Waals surface area contributed by atoms with Crippen LogP contribution in [0, 0.1) is 0 Å². The van der Waals surface area contributed by atoms with Gasteiger partial charge in [0.25, 0.3) is 0 Å². The summed E-state index contributed by atoms with van der Waals surface area (Å²) < 4.78 is 13.3. The van der Waals surface area contributed by atoms with E-state index in [9.17, 15) is 9.18 Å². The molecule has 2 rings (SSSR count). The zero-order valence-corrected chi connectivity index (χ0v) is 12.7. The lowest BCUT2D eigenvalue weighted by Gasteiger charge is -2.40. The van der Waals surface area contributed by atoms with Gasteiger partial charge in [-0.3, -0.25) is 0 Å². The third-order valence-corrected chi connectivity index (χ3v) is 3.83. The van der Waals surface area contributed by atoms with Crippen LogP contribution in [0.2, 0.25) is 0 Å². The third kappa shape index (κ3) is 4.31. The van der Waals surface area contributed by atoms with Crippen molar-refractivity contribution in [3.05, 3.63) is 47.8 Å². The lowest BCUT2D eigenvalue weighted by molar-refractivity contribution is 0.131. The van der Waals surface area contributed by atoms with Gasteiger partial charge in [0.1, 0.15) is 5.83 Å². The number of benzene rings is 1. The Balaban J connectivity index is 1.77. The van der Waals surface area contributed by atoms with E-state index in [0.717, 1.165) is 12.8 Å². The second-order valence-electron chi connectivity index (χ2n) is 6.07. The van der Waals surface area contributed by atoms with Gasteiger partial charge < -0.3 is 10.2 Å². The summed E-state index contributed by atoms with van der Waals surface area (Å²) in [6, 6.07) is 10.1. The smallest absolute Gasteiger partial charge is 0.318 e. The van der Waals surface area contributed by atoms with Gasteiger partial charge in [-0.2, -0.15) is 0 Å². The van der Waals surface area contributed by atoms with E-state index in [1.54, 1.807) is 4.90 Å². The van der Waals surface area contributed by atoms with Gasteiger partial charge >= 0.3 is 6.03 Å². The molecule has 0 aromatic heterocycles. The van der Waals surface area contributed by atoms with Crippen molar-refractivity contribution in [1.82, 2.24) is 10.2 Å². The average Bonchev–Trinajstić information content (AvgIpc) is 2.43. The fourth-order valence-corrected chi connectivity index (χ4v) is 2.60. The summed E-state index contributed by atoms with van der Waals surface area (Å²) >= 11 is 0. The Morgan fingerprint density at radius 3 is 2.71 bits per heavy atom. The summed E-state index contributed by atoms with van der Waals surface area (Å²) in [5.74, 6) is -0.131. The number of hydrogen-bond acceptors (Lipinski definition) is 1. The van der Waals surface area contributed by atoms with E-state index in [0.29, 0.717) is 13.1 Å². The van der Waals surface area contributed by atoms with Gasteiger partial charge in [0.05, 0.1) is 0 Å². The van der Waals surface area contributed by atoms with Crippen LogP contribution >= 0.6 is 0 Å². The predicted octanol–water partition coefficient (Wildman–Crippen LogP) is 3.67. The summed E-state index contributed by atoms with van der Waals surface area (Å²) in [6.45, 7) is 4.75. The van der Waals surface area contributed by atoms with Crippen LogP contribution in [-0.2, 0) is 6.42 Å². The van der Waals surface area contributed by atoms with Crippen LogP contribution < -0.4 is 5.32 Å². The Hall–Kier alpha value is -1.84. The molecule has 1 N–H and O–H groups in total. The maximum absolute atomic E-state index is 13.3. The molecule has 0 atom stereocenters. The normalized spacial score (nSPS) is 17.3. The molecule has 0 unspecified atom stereocenters. The van der Waals surface area contributed by atoms with Crippen LogP contribution in [0.5, 0.6) is 0 Å². The van der Waals surface area contributed by atoms with Gasteiger partial charge in [0, 0.05) is 25.0 Å². The van der Waals surface area contributed by atoms with Crippen molar-refractivity contribution in [1.29, 1.82) is 0 Å². The molecule has 3 nitrogen and oxygen atoms in total. The molecule has 21 heavy (non-hydrogen) atoms. The standard InChI is InChI=1S/C17H23FN2O/c1-17(2)13-15(18)10-12-20(17)16(21)19-11-6-9-14-7-4-3-5-8-14/h3-5,7-8,10H,6,9,11-13H2,1-2H3,(H,19,21). The number of halogens is 1. The van der Waals surface area contributed by atoms with E-state index in [2.05, 4.69) is 17.4 Å². The van der Waals surface area contributed by atoms with Crippen LogP contribution in [0.25, 0.3) is 0 Å². The molecular formula is C17H23FN2O. The lowest BCUT2D eigenvalue weighted by atomic mass is 9.94. The summed E-state index contributed by atoms with van der Waals surface area (Å²) in [5.41, 5.74) is 0.803. The van der Waals surface area contributed by atoms with Crippen LogP contribution in [0.3, 0.4) is 0 Å². The molecule has 1 aliphatic rings. The minimum Gasteiger partial charge on any atom is -0.338 e. The van der Waals surface area contributed by atoms with E-state index in [1.165, 1.54) is 11.6 Å². The largest absolute Gasteiger partial charge is 0.338 e. The molecule has 4 heteroatoms. The lowest BCUT2D eigenvalue weighted by Crippen LogP contribution is -2.53. The van der Waals surface area contributed by atoms with Crippen molar-refractivity contribution in [2.75, 3.05) is 13.1 Å². The predicted molar refractivity (Wildman–Crippen MR) is 82.8 cm³/mol. The van der Waals surface area contributed by atoms with Gasteiger partial charge in [-0.25, -0.2) is 9.18 Å². The molecule has 0 aliphatic carbocycles. The molecule has 2 amide bonds. The summed E-state index contributed by atoms with van der Waals surface area (Å²) in [4.78, 5) is 13.9. The highest BCUT2D eigenvalue weighted by molar-refractivity contribution is 5.75. The highest BCUT2D eigenvalue weighted by Gasteiger charge is 2.34. The van der Waals surface area contributed by atoms with Crippen molar-refractivity contribution in [3.63, 3.8) is 0 Å². The Morgan fingerprint density at radius 2 is 2.05 bits per heavy atom. The quantitative estimate of drug-likeness (QED) is 0.843. The second kappa shape index (κ2) is 6.74. The van der Waals surface area contributed by atoms with Crippen LogP contribution in [-0.4, -0.2) is 29.6 Å². The number of nitrogens with zero attached hydrogens (tertiary/aromatic N) is 1. The van der Waals surface area contributed by atoms with Crippen LogP contribution in [0.4, 0.5) is 9.18 Å². The maximum Gasteiger partial charge on any atom is 0.318 e. The third-order valence-electron chi connectivity index (χ3n) is 3.83. The number of carbonyl (C=O) groups is 1.